The predicted octanol–water partition coefficient (Wildman–Crippen LogP) is 3.50. The van der Waals surface area contributed by atoms with Crippen molar-refractivity contribution in [2.45, 2.75) is 50.0 Å². The molecular formula is C29H32F3N7O2. The first-order valence-corrected chi connectivity index (χ1v) is 14.5. The largest absolute Gasteiger partial charge is 0.495 e. The lowest BCUT2D eigenvalue weighted by Gasteiger charge is -3.11. The predicted molar refractivity (Wildman–Crippen MR) is 139 cm³/mol. The third-order valence-electron chi connectivity index (χ3n) is 12.0. The minimum Gasteiger partial charge on any atom is -0.495 e. The molecule has 7 aliphatic carbocycles. The highest BCUT2D eigenvalue weighted by atomic mass is 19.4. The zero-order chi connectivity index (χ0) is 28.3. The number of hydrogen-bond acceptors (Lipinski definition) is 8. The van der Waals surface area contributed by atoms with Gasteiger partial charge in [-0.25, -0.2) is 19.9 Å². The van der Waals surface area contributed by atoms with Gasteiger partial charge in [0, 0.05) is 36.3 Å². The van der Waals surface area contributed by atoms with Gasteiger partial charge in [-0.3, -0.25) is 5.32 Å². The summed E-state index contributed by atoms with van der Waals surface area (Å²) >= 11 is 0. The van der Waals surface area contributed by atoms with Gasteiger partial charge in [-0.2, -0.15) is 13.2 Å². The molecule has 216 valence electrons. The maximum atomic E-state index is 13.6. The molecule has 0 bridgehead atoms. The Kier molecular flexibility index (Phi) is 4.32. The van der Waals surface area contributed by atoms with Crippen LogP contribution in [0.2, 0.25) is 0 Å². The molecule has 0 radical (unpaired) electrons. The van der Waals surface area contributed by atoms with Crippen LogP contribution >= 0.6 is 0 Å². The molecule has 1 unspecified atom stereocenters. The van der Waals surface area contributed by atoms with Crippen LogP contribution < -0.4 is 15.4 Å². The van der Waals surface area contributed by atoms with E-state index in [0.29, 0.717) is 64.5 Å². The van der Waals surface area contributed by atoms with E-state index in [2.05, 4.69) is 30.6 Å². The molecule has 0 saturated heterocycles. The number of nitrogens with zero attached hydrogens (tertiary/aromatic N) is 5. The summed E-state index contributed by atoms with van der Waals surface area (Å²) in [5.74, 6) is 5.94. The third kappa shape index (κ3) is 2.43. The fourth-order valence-electron chi connectivity index (χ4n) is 10.7. The van der Waals surface area contributed by atoms with E-state index in [4.69, 9.17) is 9.47 Å². The number of imidazole rings is 1. The highest BCUT2D eigenvalue weighted by Gasteiger charge is 3.10. The van der Waals surface area contributed by atoms with E-state index in [1.54, 1.807) is 31.2 Å². The molecule has 2 N–H and O–H groups in total. The van der Waals surface area contributed by atoms with Crippen LogP contribution in [-0.4, -0.2) is 51.8 Å². The number of methoxy groups -OCH3 is 2. The van der Waals surface area contributed by atoms with Gasteiger partial charge in [0.2, 0.25) is 5.88 Å². The monoisotopic (exact) mass is 567 g/mol. The molecule has 7 saturated carbocycles. The molecule has 7 fully saturated rings. The number of rotatable bonds is 9. The topological polar surface area (TPSA) is 98.5 Å². The minimum absolute atomic E-state index is 0.0515. The van der Waals surface area contributed by atoms with Crippen molar-refractivity contribution in [2.24, 2.45) is 51.8 Å². The minimum atomic E-state index is -4.42. The summed E-state index contributed by atoms with van der Waals surface area (Å²) in [5.41, 5.74) is -0.569. The molecule has 9 nitrogen and oxygen atoms in total. The lowest BCUT2D eigenvalue weighted by Crippen LogP contribution is -3.12. The number of aliphatic imine (C=N–C) groups is 1. The molecule has 41 heavy (non-hydrogen) atoms. The Hall–Kier alpha value is -3.15. The van der Waals surface area contributed by atoms with E-state index in [9.17, 15) is 13.2 Å². The molecule has 3 heterocycles. The SMILES string of the molecule is COC1=CN=C(c2cncnc2OC)NC1(NCC12C3C4C1C1C2C3C41c1nc(C(F)(F)F)cn1C(C)C)C1CC1. The van der Waals surface area contributed by atoms with Crippen molar-refractivity contribution in [2.75, 3.05) is 20.8 Å². The second-order valence-corrected chi connectivity index (χ2v) is 13.3. The van der Waals surface area contributed by atoms with E-state index in [0.717, 1.165) is 25.1 Å². The highest BCUT2D eigenvalue weighted by Crippen LogP contribution is 3.09. The molecule has 0 amide bonds. The normalized spacial score (nSPS) is 42.0. The van der Waals surface area contributed by atoms with E-state index in [1.807, 2.05) is 13.8 Å². The standard InChI is InChI=1S/C29H32F3N7O2/c1-12(2)39-9-15(29(30,31)32)37-25(39)27-20-17-21(27)19-22(27)18(20)26(17,19)10-36-28(13-5-6-13)16(40-3)8-34-23(38-28)14-7-33-11-35-24(14)41-4/h7-9,11-13,17-22,36H,5-6,10H2,1-4H3,(H,34,38). The summed E-state index contributed by atoms with van der Waals surface area (Å²) in [4.78, 5) is 17.3. The average Bonchev–Trinajstić information content (AvgIpc) is 3.73. The molecule has 8 aliphatic rings. The van der Waals surface area contributed by atoms with Crippen molar-refractivity contribution >= 4 is 5.84 Å². The molecule has 1 atom stereocenters. The fourth-order valence-corrected chi connectivity index (χ4v) is 10.7. The molecule has 1 aliphatic heterocycles. The van der Waals surface area contributed by atoms with Crippen LogP contribution in [-0.2, 0) is 16.3 Å². The molecular weight excluding hydrogens is 535 g/mol. The Morgan fingerprint density at radius 1 is 1.10 bits per heavy atom. The van der Waals surface area contributed by atoms with Gasteiger partial charge in [-0.1, -0.05) is 0 Å². The Bertz CT molecular complexity index is 1510. The number of hydrogen-bond donors (Lipinski definition) is 2. The van der Waals surface area contributed by atoms with Crippen molar-refractivity contribution in [3.8, 4) is 5.88 Å². The number of amidine groups is 1. The van der Waals surface area contributed by atoms with Crippen LogP contribution in [0.15, 0.2) is 35.7 Å². The highest BCUT2D eigenvalue weighted by molar-refractivity contribution is 6.02. The summed E-state index contributed by atoms with van der Waals surface area (Å²) in [6.07, 6.45) is 3.87. The molecule has 12 heteroatoms. The van der Waals surface area contributed by atoms with Gasteiger partial charge < -0.3 is 19.4 Å². The number of ether oxygens (including phenoxy) is 2. The van der Waals surface area contributed by atoms with Gasteiger partial charge in [-0.15, -0.1) is 0 Å². The zero-order valence-electron chi connectivity index (χ0n) is 23.2. The third-order valence-corrected chi connectivity index (χ3v) is 12.0. The van der Waals surface area contributed by atoms with E-state index in [-0.39, 0.29) is 16.9 Å². The summed E-state index contributed by atoms with van der Waals surface area (Å²) in [7, 11) is 3.26. The lowest BCUT2D eigenvalue weighted by molar-refractivity contribution is -0.628. The second-order valence-electron chi connectivity index (χ2n) is 13.3. The van der Waals surface area contributed by atoms with Crippen molar-refractivity contribution in [1.82, 2.24) is 30.2 Å². The smallest absolute Gasteiger partial charge is 0.434 e. The Balaban J connectivity index is 0.984. The van der Waals surface area contributed by atoms with E-state index >= 15 is 0 Å². The van der Waals surface area contributed by atoms with Gasteiger partial charge in [-0.05, 0) is 67.6 Å². The Labute approximate surface area is 235 Å². The van der Waals surface area contributed by atoms with Gasteiger partial charge >= 0.3 is 6.18 Å². The summed E-state index contributed by atoms with van der Waals surface area (Å²) < 4.78 is 54.0. The average molecular weight is 568 g/mol. The number of aromatic nitrogens is 4. The first-order valence-electron chi connectivity index (χ1n) is 14.5. The number of halogens is 3. The van der Waals surface area contributed by atoms with E-state index < -0.39 is 17.5 Å². The summed E-state index contributed by atoms with van der Waals surface area (Å²) in [6.45, 7) is 4.74. The number of alkyl halides is 3. The molecule has 2 aromatic heterocycles. The van der Waals surface area contributed by atoms with Crippen LogP contribution in [0.1, 0.15) is 49.8 Å². The number of nitrogens with one attached hydrogen (secondary N) is 2. The molecule has 10 rings (SSSR count). The van der Waals surface area contributed by atoms with Crippen LogP contribution in [0, 0.1) is 46.8 Å². The Morgan fingerprint density at radius 2 is 1.80 bits per heavy atom. The maximum absolute atomic E-state index is 13.6. The van der Waals surface area contributed by atoms with Crippen molar-refractivity contribution < 1.29 is 22.6 Å². The first-order chi connectivity index (χ1) is 19.7. The fraction of sp³-hybridized carbons (Fsp3) is 0.655. The maximum Gasteiger partial charge on any atom is 0.434 e. The zero-order valence-corrected chi connectivity index (χ0v) is 23.2. The van der Waals surface area contributed by atoms with Gasteiger partial charge in [0.1, 0.15) is 18.0 Å². The van der Waals surface area contributed by atoms with Gasteiger partial charge in [0.25, 0.3) is 0 Å². The first kappa shape index (κ1) is 24.4. The Morgan fingerprint density at radius 3 is 2.39 bits per heavy atom. The second kappa shape index (κ2) is 7.25. The van der Waals surface area contributed by atoms with Crippen LogP contribution in [0.3, 0.4) is 0 Å². The molecule has 0 aromatic carbocycles. The summed E-state index contributed by atoms with van der Waals surface area (Å²) in [6, 6.07) is -0.0515. The van der Waals surface area contributed by atoms with Crippen molar-refractivity contribution in [1.29, 1.82) is 0 Å². The van der Waals surface area contributed by atoms with Crippen LogP contribution in [0.4, 0.5) is 13.2 Å². The molecule has 0 spiro atoms. The van der Waals surface area contributed by atoms with Crippen molar-refractivity contribution in [3.05, 3.63) is 47.8 Å². The van der Waals surface area contributed by atoms with Gasteiger partial charge in [0.15, 0.2) is 17.1 Å². The lowest BCUT2D eigenvalue weighted by atomic mass is 8.92. The quantitative estimate of drug-likeness (QED) is 0.479. The van der Waals surface area contributed by atoms with Crippen LogP contribution in [0.5, 0.6) is 5.88 Å². The van der Waals surface area contributed by atoms with Crippen LogP contribution in [0.25, 0.3) is 0 Å². The van der Waals surface area contributed by atoms with Crippen molar-refractivity contribution in [3.63, 3.8) is 0 Å². The van der Waals surface area contributed by atoms with E-state index in [1.165, 1.54) is 12.5 Å². The molecule has 2 aromatic rings. The summed E-state index contributed by atoms with van der Waals surface area (Å²) in [5, 5.41) is 7.62. The van der Waals surface area contributed by atoms with Gasteiger partial charge in [0.05, 0.1) is 26.0 Å².